The van der Waals surface area contributed by atoms with Gasteiger partial charge in [0.05, 0.1) is 5.69 Å². The van der Waals surface area contributed by atoms with Crippen LogP contribution in [0.5, 0.6) is 0 Å². The number of rotatable bonds is 5. The Balaban J connectivity index is 1.91. The van der Waals surface area contributed by atoms with Crippen LogP contribution in [0.25, 0.3) is 11.3 Å². The van der Waals surface area contributed by atoms with Crippen LogP contribution in [0.1, 0.15) is 36.2 Å². The fourth-order valence-corrected chi connectivity index (χ4v) is 3.52. The maximum atomic E-state index is 12.0. The summed E-state index contributed by atoms with van der Waals surface area (Å²) >= 11 is 0. The van der Waals surface area contributed by atoms with Crippen molar-refractivity contribution in [1.82, 2.24) is 4.98 Å². The number of H-pyrrole nitrogens is 1. The molecule has 0 spiro atoms. The van der Waals surface area contributed by atoms with E-state index in [1.54, 1.807) is 0 Å². The lowest BCUT2D eigenvalue weighted by Crippen LogP contribution is -2.31. The number of hydrogen-bond acceptors (Lipinski definition) is 4. The first kappa shape index (κ1) is 18.2. The molecule has 0 saturated carbocycles. The number of nitrogens with one attached hydrogen (secondary N) is 1. The summed E-state index contributed by atoms with van der Waals surface area (Å²) in [5.74, 6) is -1.21. The normalized spacial score (nSPS) is 19.7. The number of anilines is 1. The molecule has 3 rings (SSSR count). The molecule has 1 unspecified atom stereocenters. The summed E-state index contributed by atoms with van der Waals surface area (Å²) in [6, 6.07) is 9.50. The Labute approximate surface area is 152 Å². The largest absolute Gasteiger partial charge is 0.477 e. The zero-order chi connectivity index (χ0) is 18.9. The van der Waals surface area contributed by atoms with Crippen molar-refractivity contribution < 1.29 is 9.90 Å². The van der Waals surface area contributed by atoms with Gasteiger partial charge in [-0.1, -0.05) is 26.0 Å². The third-order valence-corrected chi connectivity index (χ3v) is 5.31. The van der Waals surface area contributed by atoms with E-state index in [1.807, 2.05) is 31.2 Å². The van der Waals surface area contributed by atoms with Crippen LogP contribution in [-0.4, -0.2) is 35.7 Å². The molecule has 4 N–H and O–H groups in total. The molecule has 1 aromatic carbocycles. The van der Waals surface area contributed by atoms with Crippen molar-refractivity contribution >= 4 is 11.7 Å². The molecule has 6 heteroatoms. The van der Waals surface area contributed by atoms with Crippen molar-refractivity contribution in [2.75, 3.05) is 24.5 Å². The van der Waals surface area contributed by atoms with Crippen molar-refractivity contribution in [3.63, 3.8) is 0 Å². The van der Waals surface area contributed by atoms with Gasteiger partial charge in [0, 0.05) is 18.8 Å². The number of aryl methyl sites for hydroxylation is 1. The fourth-order valence-electron chi connectivity index (χ4n) is 3.52. The van der Waals surface area contributed by atoms with E-state index in [4.69, 9.17) is 10.8 Å². The minimum absolute atomic E-state index is 0.159. The predicted octanol–water partition coefficient (Wildman–Crippen LogP) is 2.48. The van der Waals surface area contributed by atoms with Crippen LogP contribution >= 0.6 is 0 Å². The number of nitrogens with two attached hydrogens (primary N) is 1. The van der Waals surface area contributed by atoms with E-state index in [-0.39, 0.29) is 11.0 Å². The monoisotopic (exact) mass is 355 g/mol. The Bertz CT molecular complexity index is 873. The first-order valence-corrected chi connectivity index (χ1v) is 8.92. The third-order valence-electron chi connectivity index (χ3n) is 5.31. The van der Waals surface area contributed by atoms with Gasteiger partial charge in [0.15, 0.2) is 0 Å². The van der Waals surface area contributed by atoms with Gasteiger partial charge >= 0.3 is 5.97 Å². The number of nitrogens with zero attached hydrogens (tertiary/aromatic N) is 1. The van der Waals surface area contributed by atoms with Crippen molar-refractivity contribution in [1.29, 1.82) is 0 Å². The third kappa shape index (κ3) is 3.37. The topological polar surface area (TPSA) is 99.4 Å². The lowest BCUT2D eigenvalue weighted by Gasteiger charge is -2.24. The molecule has 0 amide bonds. The van der Waals surface area contributed by atoms with Crippen molar-refractivity contribution in [3.05, 3.63) is 51.8 Å². The Morgan fingerprint density at radius 1 is 1.35 bits per heavy atom. The summed E-state index contributed by atoms with van der Waals surface area (Å²) in [7, 11) is 0. The molecule has 0 radical (unpaired) electrons. The van der Waals surface area contributed by atoms with Crippen molar-refractivity contribution in [3.8, 4) is 11.3 Å². The summed E-state index contributed by atoms with van der Waals surface area (Å²) < 4.78 is 0. The summed E-state index contributed by atoms with van der Waals surface area (Å²) in [6.07, 6.45) is 1.71. The molecule has 1 aliphatic rings. The van der Waals surface area contributed by atoms with Gasteiger partial charge in [-0.15, -0.1) is 0 Å². The second-order valence-electron chi connectivity index (χ2n) is 7.30. The van der Waals surface area contributed by atoms with Gasteiger partial charge in [0.25, 0.3) is 5.56 Å². The second-order valence-corrected chi connectivity index (χ2v) is 7.30. The lowest BCUT2D eigenvalue weighted by atomic mass is 9.90. The highest BCUT2D eigenvalue weighted by Crippen LogP contribution is 2.33. The molecule has 1 atom stereocenters. The van der Waals surface area contributed by atoms with E-state index in [9.17, 15) is 9.59 Å². The number of benzene rings is 1. The average molecular weight is 355 g/mol. The minimum atomic E-state index is -1.21. The molecule has 26 heavy (non-hydrogen) atoms. The molecule has 1 aliphatic heterocycles. The Kier molecular flexibility index (Phi) is 4.87. The van der Waals surface area contributed by atoms with Crippen molar-refractivity contribution in [2.24, 2.45) is 11.1 Å². The zero-order valence-electron chi connectivity index (χ0n) is 15.2. The highest BCUT2D eigenvalue weighted by molar-refractivity contribution is 5.88. The number of pyridine rings is 1. The van der Waals surface area contributed by atoms with Crippen LogP contribution in [-0.2, 0) is 6.42 Å². The number of carboxylic acid groups (broad SMARTS) is 1. The molecule has 1 saturated heterocycles. The molecule has 2 aromatic rings. The maximum Gasteiger partial charge on any atom is 0.341 e. The van der Waals surface area contributed by atoms with Crippen LogP contribution in [0.15, 0.2) is 35.1 Å². The van der Waals surface area contributed by atoms with Gasteiger partial charge in [-0.3, -0.25) is 4.79 Å². The Morgan fingerprint density at radius 3 is 2.58 bits per heavy atom. The van der Waals surface area contributed by atoms with Gasteiger partial charge < -0.3 is 20.7 Å². The van der Waals surface area contributed by atoms with Crippen LogP contribution in [0.3, 0.4) is 0 Å². The number of aromatic carboxylic acids is 1. The molecule has 138 valence electrons. The number of aromatic nitrogens is 1. The van der Waals surface area contributed by atoms with Crippen molar-refractivity contribution in [2.45, 2.75) is 26.7 Å². The fraction of sp³-hybridized carbons (Fsp3) is 0.400. The molecular formula is C20H25N3O3. The van der Waals surface area contributed by atoms with E-state index < -0.39 is 11.5 Å². The number of carbonyl (C=O) groups is 1. The molecule has 0 aliphatic carbocycles. The van der Waals surface area contributed by atoms with E-state index in [0.717, 1.165) is 36.3 Å². The maximum absolute atomic E-state index is 12.0. The standard InChI is InChI=1S/C20H25N3O3/c1-3-13-10-16(19(25)26)18(24)22-17(13)14-4-6-15(7-5-14)23-9-8-20(2,11-21)12-23/h4-7,10H,3,8-9,11-12,21H2,1-2H3,(H,22,24)(H,25,26). The molecule has 2 heterocycles. The van der Waals surface area contributed by atoms with Crippen LogP contribution in [0.2, 0.25) is 0 Å². The quantitative estimate of drug-likeness (QED) is 0.765. The first-order chi connectivity index (χ1) is 12.4. The predicted molar refractivity (Wildman–Crippen MR) is 103 cm³/mol. The smallest absolute Gasteiger partial charge is 0.341 e. The average Bonchev–Trinajstić information content (AvgIpc) is 3.04. The van der Waals surface area contributed by atoms with E-state index in [0.29, 0.717) is 18.7 Å². The number of carboxylic acids is 1. The first-order valence-electron chi connectivity index (χ1n) is 8.92. The molecule has 1 fully saturated rings. The van der Waals surface area contributed by atoms with Gasteiger partial charge in [-0.2, -0.15) is 0 Å². The number of aromatic amines is 1. The summed E-state index contributed by atoms with van der Waals surface area (Å²) in [4.78, 5) is 28.3. The Morgan fingerprint density at radius 2 is 2.04 bits per heavy atom. The summed E-state index contributed by atoms with van der Waals surface area (Å²) in [5, 5.41) is 9.13. The molecular weight excluding hydrogens is 330 g/mol. The minimum Gasteiger partial charge on any atom is -0.477 e. The highest BCUT2D eigenvalue weighted by Gasteiger charge is 2.32. The molecule has 6 nitrogen and oxygen atoms in total. The van der Waals surface area contributed by atoms with E-state index >= 15 is 0 Å². The van der Waals surface area contributed by atoms with Gasteiger partial charge in [0.2, 0.25) is 0 Å². The SMILES string of the molecule is CCc1cc(C(=O)O)c(=O)[nH]c1-c1ccc(N2CCC(C)(CN)C2)cc1. The Hall–Kier alpha value is -2.60. The van der Waals surface area contributed by atoms with Gasteiger partial charge in [0.1, 0.15) is 5.56 Å². The lowest BCUT2D eigenvalue weighted by molar-refractivity contribution is 0.0695. The highest BCUT2D eigenvalue weighted by atomic mass is 16.4. The van der Waals surface area contributed by atoms with E-state index in [2.05, 4.69) is 16.8 Å². The summed E-state index contributed by atoms with van der Waals surface area (Å²) in [5.41, 5.74) is 8.75. The van der Waals surface area contributed by atoms with Crippen LogP contribution in [0.4, 0.5) is 5.69 Å². The summed E-state index contributed by atoms with van der Waals surface area (Å²) in [6.45, 7) is 6.75. The zero-order valence-corrected chi connectivity index (χ0v) is 15.2. The second kappa shape index (κ2) is 6.96. The van der Waals surface area contributed by atoms with Gasteiger partial charge in [-0.05, 0) is 54.1 Å². The van der Waals surface area contributed by atoms with E-state index in [1.165, 1.54) is 6.07 Å². The van der Waals surface area contributed by atoms with Crippen LogP contribution < -0.4 is 16.2 Å². The van der Waals surface area contributed by atoms with Gasteiger partial charge in [-0.25, -0.2) is 4.79 Å². The molecule has 0 bridgehead atoms. The van der Waals surface area contributed by atoms with Crippen LogP contribution in [0, 0.1) is 5.41 Å². The number of hydrogen-bond donors (Lipinski definition) is 3. The molecule has 1 aromatic heterocycles.